The molecule has 15 heteroatoms. The minimum Gasteiger partial charge on any atom is -0.668 e. The third-order valence-corrected chi connectivity index (χ3v) is 4.95. The third-order valence-electron chi connectivity index (χ3n) is 4.95. The molecule has 0 aromatic carbocycles. The van der Waals surface area contributed by atoms with Crippen LogP contribution in [0.1, 0.15) is 104 Å². The fourth-order valence-corrected chi connectivity index (χ4v) is 3.43. The van der Waals surface area contributed by atoms with E-state index in [-0.39, 0.29) is 89.4 Å². The predicted octanol–water partition coefficient (Wildman–Crippen LogP) is 15.5. The molecule has 3 aliphatic carbocycles. The van der Waals surface area contributed by atoms with Crippen LogP contribution >= 0.6 is 0 Å². The van der Waals surface area contributed by atoms with Gasteiger partial charge in [-0.15, -0.1) is 0 Å². The van der Waals surface area contributed by atoms with Crippen molar-refractivity contribution in [1.82, 2.24) is 0 Å². The number of hydrogen-bond donors (Lipinski definition) is 0. The molecule has 12 nitrogen and oxygen atoms in total. The summed E-state index contributed by atoms with van der Waals surface area (Å²) in [4.78, 5) is 0. The van der Waals surface area contributed by atoms with Crippen LogP contribution < -0.4 is 0 Å². The van der Waals surface area contributed by atoms with Crippen LogP contribution in [0.5, 0.6) is 0 Å². The van der Waals surface area contributed by atoms with Crippen molar-refractivity contribution in [2.75, 3.05) is 169 Å². The summed E-state index contributed by atoms with van der Waals surface area (Å²) >= 11 is 0. The molecule has 372 valence electrons. The standard InChI is InChI=1S/C7H14.C6H12.C5H10.12C2H6N.3CH3.3Ta/c1-2-7-5-3-4-6-7;1-6-4-2-3-5-6;1-2-4-5-3-1;12*1-3-2;;;;;;/h7H,2-6H2,1H3;6H,2-5H2,1H3;1-5H2;12*1-2H3;3*1H3;;;/q;;;15*-1;3*+5. The van der Waals surface area contributed by atoms with Crippen molar-refractivity contribution in [3.05, 3.63) is 86.1 Å². The Hall–Kier alpha value is 1.74. The summed E-state index contributed by atoms with van der Waals surface area (Å²) in [6.45, 7) is 4.64. The predicted molar refractivity (Wildman–Crippen MR) is 285 cm³/mol. The molecule has 0 amide bonds. The van der Waals surface area contributed by atoms with E-state index in [1.165, 1.54) is 89.9 Å². The molecule has 0 aromatic rings. The molecule has 0 bridgehead atoms. The molecule has 0 atom stereocenters. The summed E-state index contributed by atoms with van der Waals surface area (Å²) in [5, 5.41) is 42.0. The van der Waals surface area contributed by atoms with Crippen LogP contribution in [0.15, 0.2) is 0 Å². The SMILES string of the molecule is C1CCCC1.CC1CCCC1.CCC1CCCC1.C[N-]C.C[N-]C.C[N-]C.C[N-]C.C[N-]C.C[N-]C.C[N-]C.C[N-]C.C[N-]C.C[N-]C.C[N-]C.C[N-]C.[CH3-].[CH3-].[CH3-].[Ta+5].[Ta+5].[Ta+5]. The van der Waals surface area contributed by atoms with Gasteiger partial charge in [0.2, 0.25) is 0 Å². The molecule has 0 aliphatic heterocycles. The van der Waals surface area contributed by atoms with Crippen LogP contribution in [-0.2, 0) is 67.1 Å². The Morgan fingerprint density at radius 2 is 0.383 bits per heavy atom. The first kappa shape index (κ1) is 119. The topological polar surface area (TPSA) is 169 Å². The van der Waals surface area contributed by atoms with Crippen LogP contribution in [0, 0.1) is 34.1 Å². The molecule has 60 heavy (non-hydrogen) atoms. The summed E-state index contributed by atoms with van der Waals surface area (Å²) in [5.41, 5.74) is 0. The van der Waals surface area contributed by atoms with Gasteiger partial charge in [-0.05, 0) is 11.8 Å². The third kappa shape index (κ3) is 399. The van der Waals surface area contributed by atoms with Gasteiger partial charge in [0, 0.05) is 0 Å². The molecule has 0 aromatic heterocycles. The van der Waals surface area contributed by atoms with E-state index in [0.717, 1.165) is 11.8 Å². The van der Waals surface area contributed by atoms with Gasteiger partial charge >= 0.3 is 67.1 Å². The maximum absolute atomic E-state index is 3.50. The van der Waals surface area contributed by atoms with Gasteiger partial charge in [0.1, 0.15) is 0 Å². The largest absolute Gasteiger partial charge is 5.00 e. The first-order chi connectivity index (χ1) is 25.8. The Morgan fingerprint density at radius 1 is 0.267 bits per heavy atom. The zero-order valence-corrected chi connectivity index (χ0v) is 56.4. The fraction of sp³-hybridized carbons (Fsp3) is 0.933. The van der Waals surface area contributed by atoms with E-state index in [9.17, 15) is 0 Å². The molecular formula is C45H117N12Ta3. The van der Waals surface area contributed by atoms with E-state index in [1.807, 2.05) is 0 Å². The first-order valence-electron chi connectivity index (χ1n) is 19.6. The van der Waals surface area contributed by atoms with Crippen molar-refractivity contribution < 1.29 is 67.1 Å². The fourth-order valence-electron chi connectivity index (χ4n) is 3.43. The Morgan fingerprint density at radius 3 is 0.450 bits per heavy atom. The molecular weight excluding hydrogens is 1250 g/mol. The van der Waals surface area contributed by atoms with Gasteiger partial charge in [-0.3, -0.25) is 0 Å². The van der Waals surface area contributed by atoms with Gasteiger partial charge in [-0.25, -0.2) is 0 Å². The maximum atomic E-state index is 3.50. The second-order valence-corrected chi connectivity index (χ2v) is 12.1. The van der Waals surface area contributed by atoms with E-state index >= 15 is 0 Å². The average molecular weight is 1370 g/mol. The van der Waals surface area contributed by atoms with Gasteiger partial charge in [-0.2, -0.15) is 169 Å². The molecule has 0 saturated heterocycles. The smallest absolute Gasteiger partial charge is 0.668 e. The van der Waals surface area contributed by atoms with Crippen molar-refractivity contribution in [2.45, 2.75) is 104 Å². The zero-order valence-electron chi connectivity index (χ0n) is 46.8. The van der Waals surface area contributed by atoms with Gasteiger partial charge < -0.3 is 86.1 Å². The second kappa shape index (κ2) is 190. The van der Waals surface area contributed by atoms with E-state index in [1.54, 1.807) is 169 Å². The summed E-state index contributed by atoms with van der Waals surface area (Å²) in [6.07, 6.45) is 20.9. The molecule has 0 N–H and O–H groups in total. The molecule has 0 unspecified atom stereocenters. The van der Waals surface area contributed by atoms with Crippen molar-refractivity contribution >= 4 is 0 Å². The Kier molecular flexibility index (Phi) is 378. The quantitative estimate of drug-likeness (QED) is 0.228. The Labute approximate surface area is 434 Å². The van der Waals surface area contributed by atoms with E-state index in [2.05, 4.69) is 77.6 Å². The molecule has 0 spiro atoms. The van der Waals surface area contributed by atoms with E-state index in [4.69, 9.17) is 0 Å². The zero-order chi connectivity index (χ0) is 45.5. The summed E-state index contributed by atoms with van der Waals surface area (Å²) in [7, 11) is 42.0. The van der Waals surface area contributed by atoms with Crippen LogP contribution in [0.2, 0.25) is 0 Å². The first-order valence-corrected chi connectivity index (χ1v) is 19.6. The molecule has 0 heterocycles. The Balaban J connectivity index is -0.0000000198. The molecule has 3 aliphatic rings. The molecule has 3 rings (SSSR count). The van der Waals surface area contributed by atoms with Gasteiger partial charge in [0.25, 0.3) is 0 Å². The van der Waals surface area contributed by atoms with E-state index in [0.29, 0.717) is 0 Å². The summed E-state index contributed by atoms with van der Waals surface area (Å²) < 4.78 is 0. The van der Waals surface area contributed by atoms with Gasteiger partial charge in [0.15, 0.2) is 0 Å². The van der Waals surface area contributed by atoms with Crippen molar-refractivity contribution in [3.63, 3.8) is 0 Å². The molecule has 3 fully saturated rings. The Bertz CT molecular complexity index is 313. The normalized spacial score (nSPS) is 10.9. The van der Waals surface area contributed by atoms with Crippen molar-refractivity contribution in [3.8, 4) is 0 Å². The summed E-state index contributed by atoms with van der Waals surface area (Å²) in [6, 6.07) is 0. The van der Waals surface area contributed by atoms with Gasteiger partial charge in [0.05, 0.1) is 0 Å². The van der Waals surface area contributed by atoms with Crippen LogP contribution in [-0.4, -0.2) is 169 Å². The van der Waals surface area contributed by atoms with Gasteiger partial charge in [-0.1, -0.05) is 104 Å². The number of nitrogens with zero attached hydrogens (tertiary/aromatic N) is 12. The monoisotopic (exact) mass is 1370 g/mol. The minimum absolute atomic E-state index is 0. The van der Waals surface area contributed by atoms with E-state index < -0.39 is 0 Å². The van der Waals surface area contributed by atoms with Crippen LogP contribution in [0.25, 0.3) is 63.8 Å². The van der Waals surface area contributed by atoms with Crippen molar-refractivity contribution in [2.24, 2.45) is 11.8 Å². The average Bonchev–Trinajstić information content (AvgIpc) is 3.93. The number of rotatable bonds is 1. The van der Waals surface area contributed by atoms with Crippen molar-refractivity contribution in [1.29, 1.82) is 0 Å². The minimum atomic E-state index is 0. The summed E-state index contributed by atoms with van der Waals surface area (Å²) in [5.74, 6) is 2.14. The second-order valence-electron chi connectivity index (χ2n) is 12.1. The number of hydrogen-bond acceptors (Lipinski definition) is 0. The van der Waals surface area contributed by atoms with Crippen LogP contribution in [0.4, 0.5) is 0 Å². The molecule has 0 radical (unpaired) electrons. The van der Waals surface area contributed by atoms with Crippen LogP contribution in [0.3, 0.4) is 0 Å². The maximum Gasteiger partial charge on any atom is 5.00 e. The molecule has 3 saturated carbocycles.